The van der Waals surface area contributed by atoms with Crippen LogP contribution in [0.15, 0.2) is 300 Å². The molecule has 14 aromatic rings. The van der Waals surface area contributed by atoms with E-state index in [0.29, 0.717) is 0 Å². The van der Waals surface area contributed by atoms with E-state index in [-0.39, 0.29) is 0 Å². The highest BCUT2D eigenvalue weighted by atomic mass is 14.8. The van der Waals surface area contributed by atoms with E-state index in [2.05, 4.69) is 100 Å². The van der Waals surface area contributed by atoms with E-state index in [0.717, 1.165) is 84.4 Å². The number of aromatic nitrogens is 14. The van der Waals surface area contributed by atoms with Crippen molar-refractivity contribution in [3.63, 3.8) is 0 Å². The van der Waals surface area contributed by atoms with Crippen molar-refractivity contribution in [1.29, 1.82) is 0 Å². The zero-order valence-electron chi connectivity index (χ0n) is 52.1. The summed E-state index contributed by atoms with van der Waals surface area (Å²) in [5, 5.41) is 0. The zero-order chi connectivity index (χ0) is 63.7. The summed E-state index contributed by atoms with van der Waals surface area (Å²) in [4.78, 5) is 57.9. The molecule has 0 aliphatic heterocycles. The molecule has 91 heavy (non-hydrogen) atoms. The van der Waals surface area contributed by atoms with Crippen molar-refractivity contribution in [2.24, 2.45) is 0 Å². The van der Waals surface area contributed by atoms with Gasteiger partial charge in [-0.3, -0.25) is 69.8 Å². The second kappa shape index (κ2) is 35.7. The van der Waals surface area contributed by atoms with Crippen LogP contribution in [0.1, 0.15) is 39.3 Å². The zero-order valence-corrected chi connectivity index (χ0v) is 52.1. The Kier molecular flexibility index (Phi) is 25.5. The lowest BCUT2D eigenvalue weighted by atomic mass is 10.1. The molecule has 0 N–H and O–H groups in total. The number of pyridine rings is 14. The summed E-state index contributed by atoms with van der Waals surface area (Å²) in [5.74, 6) is 0. The van der Waals surface area contributed by atoms with Gasteiger partial charge in [0.2, 0.25) is 0 Å². The summed E-state index contributed by atoms with van der Waals surface area (Å²) in [5.41, 5.74) is 23.0. The Labute approximate surface area is 533 Å². The predicted octanol–water partition coefficient (Wildman–Crippen LogP) is 17.2. The second-order valence-corrected chi connectivity index (χ2v) is 20.6. The Morgan fingerprint density at radius 2 is 0.538 bits per heavy atom. The first-order chi connectivity index (χ1) is 44.5. The quantitative estimate of drug-likeness (QED) is 0.147. The minimum Gasteiger partial charge on any atom is -0.265 e. The van der Waals surface area contributed by atoms with Crippen LogP contribution in [0.4, 0.5) is 0 Å². The van der Waals surface area contributed by atoms with E-state index >= 15 is 0 Å². The predicted molar refractivity (Wildman–Crippen MR) is 365 cm³/mol. The van der Waals surface area contributed by atoms with E-state index in [1.165, 1.54) is 33.4 Å². The van der Waals surface area contributed by atoms with Crippen LogP contribution in [0.5, 0.6) is 0 Å². The molecule has 14 heterocycles. The molecule has 0 aromatic carbocycles. The van der Waals surface area contributed by atoms with Gasteiger partial charge in [0.1, 0.15) is 0 Å². The average Bonchev–Trinajstić information content (AvgIpc) is 3.68. The van der Waals surface area contributed by atoms with E-state index in [4.69, 9.17) is 0 Å². The molecule has 0 bridgehead atoms. The van der Waals surface area contributed by atoms with Gasteiger partial charge in [-0.1, -0.05) is 30.3 Å². The summed E-state index contributed by atoms with van der Waals surface area (Å²) in [6.07, 6.45) is 38.1. The summed E-state index contributed by atoms with van der Waals surface area (Å²) in [6, 6.07) is 55.9. The molecule has 0 amide bonds. The van der Waals surface area contributed by atoms with Gasteiger partial charge in [-0.2, -0.15) is 0 Å². The molecule has 14 heteroatoms. The minimum absolute atomic E-state index is 0.922. The molecule has 0 fully saturated rings. The molecule has 14 aromatic heterocycles. The van der Waals surface area contributed by atoms with Crippen molar-refractivity contribution in [2.45, 2.75) is 48.5 Å². The second-order valence-electron chi connectivity index (χ2n) is 20.6. The monoisotopic (exact) mass is 1190 g/mol. The van der Waals surface area contributed by atoms with Gasteiger partial charge in [0.05, 0.1) is 22.8 Å². The molecule has 0 atom stereocenters. The number of aryl methyl sites for hydroxylation is 7. The number of rotatable bonds is 7. The topological polar surface area (TPSA) is 180 Å². The molecule has 448 valence electrons. The number of nitrogens with zero attached hydrogens (tertiary/aromatic N) is 14. The lowest BCUT2D eigenvalue weighted by Gasteiger charge is -2.00. The highest BCUT2D eigenvalue weighted by molar-refractivity contribution is 5.65. The first-order valence-corrected chi connectivity index (χ1v) is 29.3. The first kappa shape index (κ1) is 65.1. The fourth-order valence-corrected chi connectivity index (χ4v) is 8.69. The third kappa shape index (κ3) is 22.4. The Balaban J connectivity index is 0.000000137. The molecular formula is C77H70N14. The van der Waals surface area contributed by atoms with Gasteiger partial charge in [-0.25, -0.2) is 0 Å². The van der Waals surface area contributed by atoms with Gasteiger partial charge < -0.3 is 0 Å². The van der Waals surface area contributed by atoms with Gasteiger partial charge in [0.15, 0.2) is 0 Å². The maximum atomic E-state index is 4.26. The van der Waals surface area contributed by atoms with Gasteiger partial charge in [-0.15, -0.1) is 0 Å². The van der Waals surface area contributed by atoms with Gasteiger partial charge in [0, 0.05) is 181 Å². The molecule has 0 radical (unpaired) electrons. The van der Waals surface area contributed by atoms with Crippen molar-refractivity contribution >= 4 is 0 Å². The van der Waals surface area contributed by atoms with Crippen LogP contribution in [0, 0.1) is 48.5 Å². The van der Waals surface area contributed by atoms with Crippen LogP contribution in [0.3, 0.4) is 0 Å². The van der Waals surface area contributed by atoms with Crippen LogP contribution in [-0.2, 0) is 0 Å². The molecule has 0 unspecified atom stereocenters. The van der Waals surface area contributed by atoms with Crippen molar-refractivity contribution in [2.75, 3.05) is 0 Å². The Morgan fingerprint density at radius 3 is 0.978 bits per heavy atom. The fourth-order valence-electron chi connectivity index (χ4n) is 8.69. The maximum absolute atomic E-state index is 4.26. The SMILES string of the molecule is Cc1cc(-c2ccccn2)ccn1.Cc1cc(-c2cccnc2)ccn1.Cc1cc(-c2ccncc2)ccn1.Cc1ccnc(-c2ccccn2)c1.Cc1cncc(-c2ccccn2)c1.Cc1cncc(-c2cccnc2)c1.Cc1cncc(-c2ccncc2)c1. The standard InChI is InChI=1S/7C11H10N2/c1-9-8-11(4-7-13-9)10-2-5-12-6-3-10;1-9-6-11(8-13-7-9)10-2-4-12-5-3-10;1-9-7-10(4-6-13-9)11-3-2-5-12-8-11;1-9-5-11(8-13-6-9)10-3-2-4-12-7-10;1-9-8-10(5-7-12-9)11-4-2-3-6-13-11;1-9-5-7-13-11(8-9)10-4-2-3-6-12-10;1-9-6-10(8-12-7-9)11-4-2-3-5-13-11/h7*2-8H,1H3. The third-order valence-electron chi connectivity index (χ3n) is 13.1. The van der Waals surface area contributed by atoms with Crippen molar-refractivity contribution < 1.29 is 0 Å². The summed E-state index contributed by atoms with van der Waals surface area (Å²) < 4.78 is 0. The van der Waals surface area contributed by atoms with Crippen molar-refractivity contribution in [3.8, 4) is 78.4 Å². The smallest absolute Gasteiger partial charge is 0.0888 e. The summed E-state index contributed by atoms with van der Waals surface area (Å²) >= 11 is 0. The molecule has 0 saturated heterocycles. The Bertz CT molecular complexity index is 3570. The molecule has 14 rings (SSSR count). The minimum atomic E-state index is 0.922. The van der Waals surface area contributed by atoms with E-state index in [1.807, 2.05) is 250 Å². The van der Waals surface area contributed by atoms with E-state index in [9.17, 15) is 0 Å². The number of hydrogen-bond acceptors (Lipinski definition) is 14. The molecule has 0 spiro atoms. The molecule has 0 aliphatic carbocycles. The molecule has 14 nitrogen and oxygen atoms in total. The van der Waals surface area contributed by atoms with Crippen LogP contribution in [0.2, 0.25) is 0 Å². The van der Waals surface area contributed by atoms with Gasteiger partial charge in [0.25, 0.3) is 0 Å². The van der Waals surface area contributed by atoms with Crippen LogP contribution >= 0.6 is 0 Å². The van der Waals surface area contributed by atoms with E-state index in [1.54, 1.807) is 68.2 Å². The van der Waals surface area contributed by atoms with Crippen molar-refractivity contribution in [1.82, 2.24) is 69.8 Å². The normalized spacial score (nSPS) is 9.92. The molecular weight excluding hydrogens is 1120 g/mol. The summed E-state index contributed by atoms with van der Waals surface area (Å²) in [7, 11) is 0. The van der Waals surface area contributed by atoms with Gasteiger partial charge >= 0.3 is 0 Å². The van der Waals surface area contributed by atoms with Crippen LogP contribution < -0.4 is 0 Å². The lowest BCUT2D eigenvalue weighted by Crippen LogP contribution is -1.86. The van der Waals surface area contributed by atoms with Crippen molar-refractivity contribution in [3.05, 3.63) is 339 Å². The third-order valence-corrected chi connectivity index (χ3v) is 13.1. The fraction of sp³-hybridized carbons (Fsp3) is 0.0909. The lowest BCUT2D eigenvalue weighted by molar-refractivity contribution is 1.19. The summed E-state index contributed by atoms with van der Waals surface area (Å²) in [6.45, 7) is 14.1. The van der Waals surface area contributed by atoms with E-state index < -0.39 is 0 Å². The largest absolute Gasteiger partial charge is 0.265 e. The Hall–Kier alpha value is -11.9. The average molecular weight is 1190 g/mol. The van der Waals surface area contributed by atoms with Crippen LogP contribution in [-0.4, -0.2) is 69.8 Å². The van der Waals surface area contributed by atoms with Gasteiger partial charge in [-0.05, 0) is 233 Å². The molecule has 0 saturated carbocycles. The highest BCUT2D eigenvalue weighted by Gasteiger charge is 2.03. The first-order valence-electron chi connectivity index (χ1n) is 29.3. The highest BCUT2D eigenvalue weighted by Crippen LogP contribution is 2.22. The van der Waals surface area contributed by atoms with Crippen LogP contribution in [0.25, 0.3) is 78.4 Å². The number of hydrogen-bond donors (Lipinski definition) is 0. The molecule has 0 aliphatic rings. The maximum Gasteiger partial charge on any atom is 0.0888 e. The Morgan fingerprint density at radius 1 is 0.176 bits per heavy atom.